The number of likely N-dealkylation sites (tertiary alicyclic amines) is 1. The van der Waals surface area contributed by atoms with Gasteiger partial charge >= 0.3 is 0 Å². The molecule has 0 amide bonds. The van der Waals surface area contributed by atoms with Crippen molar-refractivity contribution in [2.45, 2.75) is 50.6 Å². The minimum Gasteiger partial charge on any atom is -0.381 e. The third-order valence-corrected chi connectivity index (χ3v) is 4.02. The summed E-state index contributed by atoms with van der Waals surface area (Å²) in [5.74, 6) is 0. The second kappa shape index (κ2) is 6.58. The van der Waals surface area contributed by atoms with Crippen molar-refractivity contribution in [1.29, 1.82) is 0 Å². The van der Waals surface area contributed by atoms with E-state index in [1.165, 1.54) is 51.6 Å². The van der Waals surface area contributed by atoms with E-state index in [1.54, 1.807) is 0 Å². The molecule has 2 saturated heterocycles. The van der Waals surface area contributed by atoms with Crippen molar-refractivity contribution in [2.24, 2.45) is 0 Å². The molecule has 16 heavy (non-hydrogen) atoms. The lowest BCUT2D eigenvalue weighted by molar-refractivity contribution is 0.141. The molecule has 1 N–H and O–H groups in total. The van der Waals surface area contributed by atoms with Gasteiger partial charge in [0.25, 0.3) is 0 Å². The molecule has 3 nitrogen and oxygen atoms in total. The van der Waals surface area contributed by atoms with Gasteiger partial charge in [-0.2, -0.15) is 0 Å². The third kappa shape index (κ3) is 3.72. The molecule has 0 aliphatic carbocycles. The predicted octanol–water partition coefficient (Wildman–Crippen LogP) is 1.63. The average molecular weight is 226 g/mol. The number of nitrogens with zero attached hydrogens (tertiary/aromatic N) is 1. The van der Waals surface area contributed by atoms with Gasteiger partial charge in [0.1, 0.15) is 0 Å². The first-order chi connectivity index (χ1) is 7.86. The Kier molecular flexibility index (Phi) is 5.07. The molecule has 3 heteroatoms. The van der Waals surface area contributed by atoms with Crippen LogP contribution in [0.1, 0.15) is 38.5 Å². The fourth-order valence-corrected chi connectivity index (χ4v) is 2.81. The summed E-state index contributed by atoms with van der Waals surface area (Å²) in [6.45, 7) is 4.35. The van der Waals surface area contributed by atoms with E-state index < -0.39 is 0 Å². The van der Waals surface area contributed by atoms with Crippen molar-refractivity contribution in [3.8, 4) is 0 Å². The normalized spacial score (nSPS) is 33.6. The molecule has 0 aromatic rings. The molecule has 2 rings (SSSR count). The number of piperidine rings is 1. The van der Waals surface area contributed by atoms with Crippen LogP contribution in [0, 0.1) is 0 Å². The van der Waals surface area contributed by atoms with Crippen LogP contribution in [-0.4, -0.2) is 50.3 Å². The monoisotopic (exact) mass is 226 g/mol. The van der Waals surface area contributed by atoms with E-state index in [2.05, 4.69) is 17.3 Å². The molecule has 2 heterocycles. The molecule has 2 atom stereocenters. The van der Waals surface area contributed by atoms with Gasteiger partial charge < -0.3 is 15.0 Å². The maximum Gasteiger partial charge on any atom is 0.0480 e. The Bertz CT molecular complexity index is 190. The molecule has 0 aromatic heterocycles. The molecule has 0 saturated carbocycles. The van der Waals surface area contributed by atoms with Crippen LogP contribution in [0.15, 0.2) is 0 Å². The average Bonchev–Trinajstić information content (AvgIpc) is 2.56. The standard InChI is InChI=1S/C13H26N2O/c1-15-8-3-2-6-13(15)11-14-12-5-4-9-16-10-7-12/h12-14H,2-11H2,1H3. The summed E-state index contributed by atoms with van der Waals surface area (Å²) < 4.78 is 5.49. The zero-order valence-corrected chi connectivity index (χ0v) is 10.6. The van der Waals surface area contributed by atoms with Crippen LogP contribution in [0.3, 0.4) is 0 Å². The highest BCUT2D eigenvalue weighted by molar-refractivity contribution is 4.79. The lowest BCUT2D eigenvalue weighted by atomic mass is 10.0. The van der Waals surface area contributed by atoms with Gasteiger partial charge in [-0.15, -0.1) is 0 Å². The highest BCUT2D eigenvalue weighted by atomic mass is 16.5. The molecule has 0 aromatic carbocycles. The van der Waals surface area contributed by atoms with E-state index in [0.717, 1.165) is 19.3 Å². The number of ether oxygens (including phenoxy) is 1. The van der Waals surface area contributed by atoms with Crippen molar-refractivity contribution in [2.75, 3.05) is 33.4 Å². The van der Waals surface area contributed by atoms with Gasteiger partial charge in [-0.05, 0) is 45.7 Å². The highest BCUT2D eigenvalue weighted by Crippen LogP contribution is 2.15. The van der Waals surface area contributed by atoms with Crippen molar-refractivity contribution < 1.29 is 4.74 Å². The number of likely N-dealkylation sites (N-methyl/N-ethyl adjacent to an activating group) is 1. The van der Waals surface area contributed by atoms with Crippen LogP contribution in [0.4, 0.5) is 0 Å². The van der Waals surface area contributed by atoms with E-state index in [9.17, 15) is 0 Å². The fourth-order valence-electron chi connectivity index (χ4n) is 2.81. The lowest BCUT2D eigenvalue weighted by Crippen LogP contribution is -2.45. The summed E-state index contributed by atoms with van der Waals surface area (Å²) in [4.78, 5) is 2.52. The van der Waals surface area contributed by atoms with Gasteiger partial charge in [0.05, 0.1) is 0 Å². The molecule has 0 bridgehead atoms. The quantitative estimate of drug-likeness (QED) is 0.791. The van der Waals surface area contributed by atoms with Crippen LogP contribution in [0.2, 0.25) is 0 Å². The summed E-state index contributed by atoms with van der Waals surface area (Å²) in [7, 11) is 2.27. The zero-order valence-electron chi connectivity index (χ0n) is 10.6. The molecule has 0 radical (unpaired) electrons. The van der Waals surface area contributed by atoms with E-state index in [-0.39, 0.29) is 0 Å². The van der Waals surface area contributed by atoms with E-state index in [0.29, 0.717) is 6.04 Å². The smallest absolute Gasteiger partial charge is 0.0480 e. The van der Waals surface area contributed by atoms with Crippen molar-refractivity contribution in [3.63, 3.8) is 0 Å². The number of hydrogen-bond acceptors (Lipinski definition) is 3. The minimum atomic E-state index is 0.692. The molecule has 2 fully saturated rings. The molecule has 2 aliphatic rings. The summed E-state index contributed by atoms with van der Waals surface area (Å²) in [6.07, 6.45) is 7.85. The van der Waals surface area contributed by atoms with Crippen LogP contribution < -0.4 is 5.32 Å². The third-order valence-electron chi connectivity index (χ3n) is 4.02. The van der Waals surface area contributed by atoms with E-state index in [4.69, 9.17) is 4.74 Å². The molecule has 2 aliphatic heterocycles. The molecular formula is C13H26N2O. The first-order valence-electron chi connectivity index (χ1n) is 6.87. The van der Waals surface area contributed by atoms with Gasteiger partial charge in [0.15, 0.2) is 0 Å². The first-order valence-corrected chi connectivity index (χ1v) is 6.87. The first kappa shape index (κ1) is 12.3. The number of rotatable bonds is 3. The Labute approximate surface area is 99.5 Å². The summed E-state index contributed by atoms with van der Waals surface area (Å²) in [5.41, 5.74) is 0. The number of hydrogen-bond donors (Lipinski definition) is 1. The topological polar surface area (TPSA) is 24.5 Å². The molecule has 2 unspecified atom stereocenters. The molecule has 0 spiro atoms. The molecular weight excluding hydrogens is 200 g/mol. The van der Waals surface area contributed by atoms with Crippen LogP contribution in [0.5, 0.6) is 0 Å². The second-order valence-corrected chi connectivity index (χ2v) is 5.28. The van der Waals surface area contributed by atoms with Crippen LogP contribution >= 0.6 is 0 Å². The Hall–Kier alpha value is -0.120. The van der Waals surface area contributed by atoms with E-state index in [1.807, 2.05) is 0 Å². The van der Waals surface area contributed by atoms with Crippen LogP contribution in [0.25, 0.3) is 0 Å². The summed E-state index contributed by atoms with van der Waals surface area (Å²) in [5, 5.41) is 3.74. The Balaban J connectivity index is 1.68. The van der Waals surface area contributed by atoms with Gasteiger partial charge in [-0.3, -0.25) is 0 Å². The highest BCUT2D eigenvalue weighted by Gasteiger charge is 2.20. The Morgan fingerprint density at radius 3 is 2.94 bits per heavy atom. The maximum atomic E-state index is 5.49. The number of nitrogens with one attached hydrogen (secondary N) is 1. The van der Waals surface area contributed by atoms with Crippen molar-refractivity contribution >= 4 is 0 Å². The molecule has 94 valence electrons. The minimum absolute atomic E-state index is 0.692. The van der Waals surface area contributed by atoms with E-state index >= 15 is 0 Å². The Morgan fingerprint density at radius 1 is 1.12 bits per heavy atom. The lowest BCUT2D eigenvalue weighted by Gasteiger charge is -2.33. The SMILES string of the molecule is CN1CCCCC1CNC1CCCOCC1. The van der Waals surface area contributed by atoms with Crippen molar-refractivity contribution in [3.05, 3.63) is 0 Å². The van der Waals surface area contributed by atoms with Gasteiger partial charge in [-0.25, -0.2) is 0 Å². The van der Waals surface area contributed by atoms with Crippen LogP contribution in [-0.2, 0) is 4.74 Å². The largest absolute Gasteiger partial charge is 0.381 e. The summed E-state index contributed by atoms with van der Waals surface area (Å²) in [6, 6.07) is 1.45. The summed E-state index contributed by atoms with van der Waals surface area (Å²) >= 11 is 0. The zero-order chi connectivity index (χ0) is 11.2. The fraction of sp³-hybridized carbons (Fsp3) is 1.00. The maximum absolute atomic E-state index is 5.49. The van der Waals surface area contributed by atoms with Gasteiger partial charge in [0, 0.05) is 31.8 Å². The van der Waals surface area contributed by atoms with Crippen molar-refractivity contribution in [1.82, 2.24) is 10.2 Å². The Morgan fingerprint density at radius 2 is 2.06 bits per heavy atom. The second-order valence-electron chi connectivity index (χ2n) is 5.28. The predicted molar refractivity (Wildman–Crippen MR) is 66.7 cm³/mol. The van der Waals surface area contributed by atoms with Gasteiger partial charge in [-0.1, -0.05) is 6.42 Å². The van der Waals surface area contributed by atoms with Gasteiger partial charge in [0.2, 0.25) is 0 Å².